The second-order valence-electron chi connectivity index (χ2n) is 5.46. The first kappa shape index (κ1) is 18.8. The molecular formula is C17H14Cl4N2O2. The fraction of sp³-hybridized carbons (Fsp3) is 0.235. The van der Waals surface area contributed by atoms with Crippen LogP contribution in [0.4, 0.5) is 5.69 Å². The number of carbonyl (C=O) groups excluding carboxylic acids is 1. The zero-order valence-corrected chi connectivity index (χ0v) is 15.8. The Labute approximate surface area is 165 Å². The lowest BCUT2D eigenvalue weighted by molar-refractivity contribution is -0.114. The molecule has 2 aromatic carbocycles. The molecule has 0 aromatic heterocycles. The molecule has 2 N–H and O–H groups in total. The van der Waals surface area contributed by atoms with Crippen LogP contribution in [0, 0.1) is 0 Å². The molecule has 0 bridgehead atoms. The van der Waals surface area contributed by atoms with E-state index in [9.17, 15) is 4.79 Å². The van der Waals surface area contributed by atoms with Crippen LogP contribution < -0.4 is 10.6 Å². The van der Waals surface area contributed by atoms with E-state index in [-0.39, 0.29) is 12.3 Å². The van der Waals surface area contributed by atoms with Gasteiger partial charge >= 0.3 is 0 Å². The summed E-state index contributed by atoms with van der Waals surface area (Å²) < 4.78 is 6.04. The summed E-state index contributed by atoms with van der Waals surface area (Å²) in [5.41, 5.74) is 2.29. The molecule has 1 aliphatic heterocycles. The number of nitrogens with one attached hydrogen (secondary N) is 2. The molecule has 8 heteroatoms. The molecule has 132 valence electrons. The summed E-state index contributed by atoms with van der Waals surface area (Å²) in [4.78, 5) is 10.4. The van der Waals surface area contributed by atoms with Gasteiger partial charge in [-0.3, -0.25) is 10.1 Å². The third-order valence-electron chi connectivity index (χ3n) is 3.79. The van der Waals surface area contributed by atoms with Crippen molar-refractivity contribution in [2.45, 2.75) is 17.2 Å². The molecule has 0 spiro atoms. The Kier molecular flexibility index (Phi) is 6.10. The monoisotopic (exact) mass is 418 g/mol. The van der Waals surface area contributed by atoms with E-state index in [1.165, 1.54) is 0 Å². The van der Waals surface area contributed by atoms with Gasteiger partial charge in [0.05, 0.1) is 0 Å². The van der Waals surface area contributed by atoms with Gasteiger partial charge in [0, 0.05) is 27.8 Å². The van der Waals surface area contributed by atoms with Crippen LogP contribution in [0.15, 0.2) is 42.5 Å². The maximum atomic E-state index is 11.5. The van der Waals surface area contributed by atoms with Gasteiger partial charge in [-0.15, -0.1) is 0 Å². The molecule has 25 heavy (non-hydrogen) atoms. The first-order valence-electron chi connectivity index (χ1n) is 7.47. The molecule has 1 fully saturated rings. The standard InChI is InChI=1S/C17H14Cl4N2O2/c18-11-2-1-3-12(19)14(11)13-8-22-17(25-13)9-4-6-10(7-5-9)23-16(24)15(20)21/h1-7,13,15,17,22H,8H2,(H,23,24). The van der Waals surface area contributed by atoms with Crippen LogP contribution in [0.25, 0.3) is 0 Å². The topological polar surface area (TPSA) is 50.4 Å². The number of hydrogen-bond acceptors (Lipinski definition) is 3. The Morgan fingerprint density at radius 2 is 1.76 bits per heavy atom. The normalized spacial score (nSPS) is 20.0. The molecule has 4 nitrogen and oxygen atoms in total. The highest BCUT2D eigenvalue weighted by Crippen LogP contribution is 2.38. The Balaban J connectivity index is 1.69. The van der Waals surface area contributed by atoms with E-state index < -0.39 is 10.7 Å². The molecule has 1 amide bonds. The van der Waals surface area contributed by atoms with Gasteiger partial charge in [0.1, 0.15) is 12.3 Å². The van der Waals surface area contributed by atoms with Crippen molar-refractivity contribution < 1.29 is 9.53 Å². The van der Waals surface area contributed by atoms with Crippen LogP contribution >= 0.6 is 46.4 Å². The summed E-state index contributed by atoms with van der Waals surface area (Å²) in [7, 11) is 0. The van der Waals surface area contributed by atoms with Crippen molar-refractivity contribution in [3.8, 4) is 0 Å². The number of hydrogen-bond donors (Lipinski definition) is 2. The number of anilines is 1. The SMILES string of the molecule is O=C(Nc1ccc(C2NCC(c3c(Cl)cccc3Cl)O2)cc1)C(Cl)Cl. The Hall–Kier alpha value is -1.01. The largest absolute Gasteiger partial charge is 0.350 e. The van der Waals surface area contributed by atoms with Gasteiger partial charge in [-0.05, 0) is 29.8 Å². The number of ether oxygens (including phenoxy) is 1. The molecule has 2 unspecified atom stereocenters. The van der Waals surface area contributed by atoms with Crippen molar-refractivity contribution in [2.24, 2.45) is 0 Å². The average Bonchev–Trinajstić information content (AvgIpc) is 3.05. The number of benzene rings is 2. The Bertz CT molecular complexity index is 747. The summed E-state index contributed by atoms with van der Waals surface area (Å²) in [5.74, 6) is -0.472. The van der Waals surface area contributed by atoms with Gasteiger partial charge in [0.2, 0.25) is 0 Å². The smallest absolute Gasteiger partial charge is 0.257 e. The van der Waals surface area contributed by atoms with E-state index in [4.69, 9.17) is 51.1 Å². The van der Waals surface area contributed by atoms with Gasteiger partial charge in [0.15, 0.2) is 4.84 Å². The summed E-state index contributed by atoms with van der Waals surface area (Å²) in [6.45, 7) is 0.590. The third-order valence-corrected chi connectivity index (χ3v) is 4.85. The Morgan fingerprint density at radius 1 is 1.12 bits per heavy atom. The predicted molar refractivity (Wildman–Crippen MR) is 102 cm³/mol. The first-order chi connectivity index (χ1) is 12.0. The molecule has 2 atom stereocenters. The lowest BCUT2D eigenvalue weighted by Gasteiger charge is -2.16. The number of rotatable bonds is 4. The van der Waals surface area contributed by atoms with Crippen LogP contribution in [-0.4, -0.2) is 17.3 Å². The van der Waals surface area contributed by atoms with Gasteiger partial charge in [-0.25, -0.2) is 0 Å². The highest BCUT2D eigenvalue weighted by atomic mass is 35.5. The van der Waals surface area contributed by atoms with Crippen molar-refractivity contribution in [3.05, 3.63) is 63.6 Å². The van der Waals surface area contributed by atoms with Crippen molar-refractivity contribution in [1.82, 2.24) is 5.32 Å². The lowest BCUT2D eigenvalue weighted by atomic mass is 10.1. The fourth-order valence-corrected chi connectivity index (χ4v) is 3.35. The minimum Gasteiger partial charge on any atom is -0.350 e. The molecular weight excluding hydrogens is 406 g/mol. The van der Waals surface area contributed by atoms with Crippen LogP contribution in [0.3, 0.4) is 0 Å². The first-order valence-corrected chi connectivity index (χ1v) is 9.10. The summed E-state index contributed by atoms with van der Waals surface area (Å²) in [5, 5.41) is 7.05. The van der Waals surface area contributed by atoms with Gasteiger partial charge < -0.3 is 10.1 Å². The number of amides is 1. The molecule has 1 heterocycles. The molecule has 1 aliphatic rings. The summed E-state index contributed by atoms with van der Waals surface area (Å²) in [6.07, 6.45) is -0.533. The minimum atomic E-state index is -1.11. The van der Waals surface area contributed by atoms with Crippen LogP contribution in [0.1, 0.15) is 23.5 Å². The molecule has 2 aromatic rings. The van der Waals surface area contributed by atoms with Crippen molar-refractivity contribution in [1.29, 1.82) is 0 Å². The third kappa shape index (κ3) is 4.40. The van der Waals surface area contributed by atoms with E-state index in [1.54, 1.807) is 30.3 Å². The number of halogens is 4. The van der Waals surface area contributed by atoms with Crippen molar-refractivity contribution >= 4 is 58.0 Å². The van der Waals surface area contributed by atoms with E-state index in [0.29, 0.717) is 22.3 Å². The zero-order chi connectivity index (χ0) is 18.0. The van der Waals surface area contributed by atoms with E-state index in [0.717, 1.165) is 11.1 Å². The molecule has 0 aliphatic carbocycles. The van der Waals surface area contributed by atoms with E-state index in [1.807, 2.05) is 12.1 Å². The van der Waals surface area contributed by atoms with Gasteiger partial charge in [-0.2, -0.15) is 0 Å². The maximum absolute atomic E-state index is 11.5. The predicted octanol–water partition coefficient (Wildman–Crippen LogP) is 5.10. The van der Waals surface area contributed by atoms with E-state index in [2.05, 4.69) is 10.6 Å². The molecule has 0 radical (unpaired) electrons. The van der Waals surface area contributed by atoms with Crippen molar-refractivity contribution in [3.63, 3.8) is 0 Å². The van der Waals surface area contributed by atoms with Gasteiger partial charge in [0.25, 0.3) is 5.91 Å². The van der Waals surface area contributed by atoms with E-state index >= 15 is 0 Å². The summed E-state index contributed by atoms with van der Waals surface area (Å²) >= 11 is 23.5. The average molecular weight is 420 g/mol. The van der Waals surface area contributed by atoms with Crippen LogP contribution in [-0.2, 0) is 9.53 Å². The van der Waals surface area contributed by atoms with Crippen LogP contribution in [0.5, 0.6) is 0 Å². The molecule has 1 saturated heterocycles. The second-order valence-corrected chi connectivity index (χ2v) is 7.37. The Morgan fingerprint density at radius 3 is 2.36 bits per heavy atom. The number of alkyl halides is 2. The van der Waals surface area contributed by atoms with Crippen molar-refractivity contribution in [2.75, 3.05) is 11.9 Å². The van der Waals surface area contributed by atoms with Gasteiger partial charge in [-0.1, -0.05) is 64.6 Å². The molecule has 3 rings (SSSR count). The summed E-state index contributed by atoms with van der Waals surface area (Å²) in [6, 6.07) is 12.6. The number of carbonyl (C=O) groups is 1. The zero-order valence-electron chi connectivity index (χ0n) is 12.8. The quantitative estimate of drug-likeness (QED) is 0.678. The molecule has 0 saturated carbocycles. The maximum Gasteiger partial charge on any atom is 0.257 e. The minimum absolute atomic E-state index is 0.237. The van der Waals surface area contributed by atoms with Crippen LogP contribution in [0.2, 0.25) is 10.0 Å². The lowest BCUT2D eigenvalue weighted by Crippen LogP contribution is -2.18. The highest BCUT2D eigenvalue weighted by Gasteiger charge is 2.29. The second kappa shape index (κ2) is 8.12. The highest BCUT2D eigenvalue weighted by molar-refractivity contribution is 6.54. The fourth-order valence-electron chi connectivity index (χ4n) is 2.60.